The first-order valence-corrected chi connectivity index (χ1v) is 20.0. The summed E-state index contributed by atoms with van der Waals surface area (Å²) in [4.78, 5) is 2.90. The number of fused-ring (bicyclic) bond motifs is 6. The summed E-state index contributed by atoms with van der Waals surface area (Å²) in [5.41, 5.74) is 9.45. The van der Waals surface area contributed by atoms with Gasteiger partial charge in [0, 0.05) is 47.9 Å². The quantitative estimate of drug-likeness (QED) is 0.113. The van der Waals surface area contributed by atoms with E-state index in [0.29, 0.717) is 0 Å². The average molecular weight is 639 g/mol. The SMILES string of the molecule is Cc1cccc2[n+]1CSc1c-2cccc1[Si](C)(c1ccccc1)c1ccccc1.Cc1cccc2c1SC[n+]1c(C)cccc1-2. The number of benzene rings is 4. The Balaban J connectivity index is 0.000000171. The Kier molecular flexibility index (Phi) is 8.26. The molecule has 2 aliphatic rings. The van der Waals surface area contributed by atoms with Crippen molar-refractivity contribution in [2.75, 3.05) is 0 Å². The number of thioether (sulfide) groups is 2. The van der Waals surface area contributed by atoms with Gasteiger partial charge in [0.05, 0.1) is 11.1 Å². The lowest BCUT2D eigenvalue weighted by atomic mass is 10.1. The Hall–Kier alpha value is -3.90. The van der Waals surface area contributed by atoms with E-state index < -0.39 is 8.07 Å². The van der Waals surface area contributed by atoms with Crippen LogP contribution in [0.5, 0.6) is 0 Å². The van der Waals surface area contributed by atoms with E-state index in [4.69, 9.17) is 0 Å². The zero-order valence-electron chi connectivity index (χ0n) is 26.3. The highest BCUT2D eigenvalue weighted by Crippen LogP contribution is 2.37. The van der Waals surface area contributed by atoms with Gasteiger partial charge in [-0.15, -0.1) is 0 Å². The molecule has 2 aliphatic heterocycles. The van der Waals surface area contributed by atoms with Gasteiger partial charge in [0.2, 0.25) is 11.4 Å². The van der Waals surface area contributed by atoms with Crippen molar-refractivity contribution >= 4 is 47.2 Å². The lowest BCUT2D eigenvalue weighted by Gasteiger charge is -2.32. The Bertz CT molecular complexity index is 1920. The first kappa shape index (κ1) is 29.8. The van der Waals surface area contributed by atoms with Crippen molar-refractivity contribution in [1.29, 1.82) is 0 Å². The number of rotatable bonds is 3. The van der Waals surface area contributed by atoms with Gasteiger partial charge in [-0.25, -0.2) is 0 Å². The molecule has 8 rings (SSSR count). The number of hydrogen-bond acceptors (Lipinski definition) is 2. The fourth-order valence-electron chi connectivity index (χ4n) is 6.72. The van der Waals surface area contributed by atoms with E-state index >= 15 is 0 Å². The molecule has 2 nitrogen and oxygen atoms in total. The third kappa shape index (κ3) is 5.37. The van der Waals surface area contributed by atoms with Gasteiger partial charge in [-0.05, 0) is 52.3 Å². The van der Waals surface area contributed by atoms with E-state index in [1.54, 1.807) is 0 Å². The highest BCUT2D eigenvalue weighted by atomic mass is 32.2. The van der Waals surface area contributed by atoms with Crippen molar-refractivity contribution in [3.63, 3.8) is 0 Å². The smallest absolute Gasteiger partial charge is 0.186 e. The van der Waals surface area contributed by atoms with Crippen LogP contribution in [-0.4, -0.2) is 8.07 Å². The zero-order chi connectivity index (χ0) is 31.0. The lowest BCUT2D eigenvalue weighted by Crippen LogP contribution is -2.65. The van der Waals surface area contributed by atoms with Crippen molar-refractivity contribution in [2.45, 2.75) is 48.9 Å². The van der Waals surface area contributed by atoms with Crippen molar-refractivity contribution in [2.24, 2.45) is 0 Å². The van der Waals surface area contributed by atoms with Crippen LogP contribution in [0.2, 0.25) is 6.55 Å². The molecule has 0 saturated carbocycles. The lowest BCUT2D eigenvalue weighted by molar-refractivity contribution is -0.672. The summed E-state index contributed by atoms with van der Waals surface area (Å²) in [6.45, 7) is 9.07. The zero-order valence-corrected chi connectivity index (χ0v) is 29.0. The van der Waals surface area contributed by atoms with Gasteiger partial charge in [-0.2, -0.15) is 9.13 Å². The van der Waals surface area contributed by atoms with E-state index in [1.807, 2.05) is 23.5 Å². The number of hydrogen-bond donors (Lipinski definition) is 0. The highest BCUT2D eigenvalue weighted by molar-refractivity contribution is 7.98. The molecule has 2 aromatic heterocycles. The molecule has 0 amide bonds. The second-order valence-electron chi connectivity index (χ2n) is 12.0. The Morgan fingerprint density at radius 1 is 0.489 bits per heavy atom. The minimum Gasteiger partial charge on any atom is -0.186 e. The molecule has 5 heteroatoms. The first-order chi connectivity index (χ1) is 22.0. The van der Waals surface area contributed by atoms with Gasteiger partial charge >= 0.3 is 0 Å². The summed E-state index contributed by atoms with van der Waals surface area (Å²) in [5.74, 6) is 2.00. The molecular weight excluding hydrogens is 601 g/mol. The Morgan fingerprint density at radius 3 is 1.51 bits per heavy atom. The van der Waals surface area contributed by atoms with Gasteiger partial charge in [0.1, 0.15) is 8.07 Å². The fraction of sp³-hybridized carbons (Fsp3) is 0.150. The predicted octanol–water partition coefficient (Wildman–Crippen LogP) is 7.43. The van der Waals surface area contributed by atoms with E-state index in [2.05, 4.69) is 170 Å². The van der Waals surface area contributed by atoms with Crippen LogP contribution in [0.1, 0.15) is 17.0 Å². The van der Waals surface area contributed by atoms with Gasteiger partial charge in [-0.1, -0.05) is 115 Å². The average Bonchev–Trinajstić information content (AvgIpc) is 3.09. The van der Waals surface area contributed by atoms with Crippen molar-refractivity contribution < 1.29 is 9.13 Å². The highest BCUT2D eigenvalue weighted by Gasteiger charge is 2.39. The normalized spacial score (nSPS) is 13.0. The second kappa shape index (κ2) is 12.5. The Labute approximate surface area is 276 Å². The second-order valence-corrected chi connectivity index (χ2v) is 17.9. The van der Waals surface area contributed by atoms with Crippen LogP contribution in [0.15, 0.2) is 143 Å². The van der Waals surface area contributed by atoms with E-state index in [0.717, 1.165) is 11.8 Å². The molecule has 0 N–H and O–H groups in total. The first-order valence-electron chi connectivity index (χ1n) is 15.6. The van der Waals surface area contributed by atoms with Gasteiger partial charge < -0.3 is 0 Å². The summed E-state index contributed by atoms with van der Waals surface area (Å²) in [7, 11) is -2.12. The number of aromatic nitrogens is 2. The molecule has 0 atom stereocenters. The molecule has 0 radical (unpaired) electrons. The molecule has 0 unspecified atom stereocenters. The van der Waals surface area contributed by atoms with E-state index in [1.165, 1.54) is 64.8 Å². The standard InChI is InChI=1S/C26H24NSSi.C14H14NS/c1-20-11-9-17-24-23-16-10-18-25(26(23)28-19-27(20)24)29(2,21-12-5-3-6-13-21)22-14-7-4-8-15-22;1-10-5-3-7-12-13-8-4-6-11(2)15(13)9-16-14(10)12/h3-18H,19H2,1-2H3;3-8H,9H2,1-2H3/q2*+1. The maximum absolute atomic E-state index is 2.51. The largest absolute Gasteiger partial charge is 0.214 e. The number of pyridine rings is 2. The molecule has 6 aromatic rings. The van der Waals surface area contributed by atoms with Crippen molar-refractivity contribution in [3.8, 4) is 22.5 Å². The van der Waals surface area contributed by atoms with E-state index in [-0.39, 0.29) is 0 Å². The van der Waals surface area contributed by atoms with Crippen molar-refractivity contribution in [3.05, 3.63) is 150 Å². The molecule has 4 heterocycles. The van der Waals surface area contributed by atoms with Crippen LogP contribution >= 0.6 is 23.5 Å². The summed E-state index contributed by atoms with van der Waals surface area (Å²) < 4.78 is 4.81. The van der Waals surface area contributed by atoms with Gasteiger partial charge in [0.15, 0.2) is 23.1 Å². The minimum absolute atomic E-state index is 0.972. The fourth-order valence-corrected chi connectivity index (χ4v) is 13.6. The third-order valence-electron chi connectivity index (χ3n) is 9.31. The molecule has 0 spiro atoms. The molecule has 45 heavy (non-hydrogen) atoms. The van der Waals surface area contributed by atoms with E-state index in [9.17, 15) is 0 Å². The summed E-state index contributed by atoms with van der Waals surface area (Å²) >= 11 is 3.92. The summed E-state index contributed by atoms with van der Waals surface area (Å²) in [6, 6.07) is 48.9. The van der Waals surface area contributed by atoms with Crippen LogP contribution in [0.3, 0.4) is 0 Å². The van der Waals surface area contributed by atoms with Crippen LogP contribution in [0.4, 0.5) is 0 Å². The van der Waals surface area contributed by atoms with Crippen LogP contribution in [0.25, 0.3) is 22.5 Å². The molecular formula is C40H38N2S2Si+2. The van der Waals surface area contributed by atoms with Crippen LogP contribution in [0, 0.1) is 20.8 Å². The topological polar surface area (TPSA) is 7.76 Å². The monoisotopic (exact) mass is 638 g/mol. The summed E-state index contributed by atoms with van der Waals surface area (Å²) in [5, 5.41) is 4.44. The Morgan fingerprint density at radius 2 is 0.956 bits per heavy atom. The van der Waals surface area contributed by atoms with Crippen LogP contribution in [-0.2, 0) is 11.8 Å². The molecule has 0 fully saturated rings. The molecule has 222 valence electrons. The van der Waals surface area contributed by atoms with Crippen molar-refractivity contribution in [1.82, 2.24) is 0 Å². The summed E-state index contributed by atoms with van der Waals surface area (Å²) in [6.07, 6.45) is 0. The van der Waals surface area contributed by atoms with Gasteiger partial charge in [0.25, 0.3) is 0 Å². The maximum Gasteiger partial charge on any atom is 0.214 e. The molecule has 0 aliphatic carbocycles. The van der Waals surface area contributed by atoms with Gasteiger partial charge in [-0.3, -0.25) is 0 Å². The maximum atomic E-state index is 2.51. The predicted molar refractivity (Wildman–Crippen MR) is 193 cm³/mol. The molecule has 0 bridgehead atoms. The number of nitrogens with zero attached hydrogens (tertiary/aromatic N) is 2. The minimum atomic E-state index is -2.12. The molecule has 0 saturated heterocycles. The van der Waals surface area contributed by atoms with Crippen LogP contribution < -0.4 is 24.7 Å². The third-order valence-corrected chi connectivity index (χ3v) is 16.3. The number of aryl methyl sites for hydroxylation is 3. The molecule has 4 aromatic carbocycles.